The van der Waals surface area contributed by atoms with Crippen molar-refractivity contribution in [1.82, 2.24) is 0 Å². The summed E-state index contributed by atoms with van der Waals surface area (Å²) in [4.78, 5) is 3.36. The third-order valence-corrected chi connectivity index (χ3v) is 2.30. The number of ether oxygens (including phenoxy) is 1. The van der Waals surface area contributed by atoms with Gasteiger partial charge in [-0.3, -0.25) is 0 Å². The molecule has 0 aliphatic carbocycles. The molecule has 13 heavy (non-hydrogen) atoms. The lowest BCUT2D eigenvalue weighted by atomic mass is 10.0. The second-order valence-corrected chi connectivity index (χ2v) is 3.23. The van der Waals surface area contributed by atoms with E-state index in [2.05, 4.69) is 10.9 Å². The fourth-order valence-electron chi connectivity index (χ4n) is 1.61. The lowest BCUT2D eigenvalue weighted by Crippen LogP contribution is -2.24. The van der Waals surface area contributed by atoms with Crippen LogP contribution >= 0.6 is 0 Å². The number of fused-ring (bicyclic) bond motifs is 1. The Labute approximate surface area is 78.0 Å². The number of benzene rings is 1. The average molecular weight is 173 g/mol. The largest absolute Gasteiger partial charge is 0.482 e. The molecular weight excluding hydrogens is 162 g/mol. The van der Waals surface area contributed by atoms with Gasteiger partial charge in [0.1, 0.15) is 5.75 Å². The van der Waals surface area contributed by atoms with Crippen molar-refractivity contribution < 1.29 is 4.74 Å². The first-order valence-corrected chi connectivity index (χ1v) is 4.48. The molecule has 0 amide bonds. The quantitative estimate of drug-likeness (QED) is 0.594. The lowest BCUT2D eigenvalue weighted by molar-refractivity contribution is 0.189. The molecule has 2 heteroatoms. The van der Waals surface area contributed by atoms with Crippen LogP contribution in [0.15, 0.2) is 24.3 Å². The highest BCUT2D eigenvalue weighted by atomic mass is 16.5. The fourth-order valence-corrected chi connectivity index (χ4v) is 1.61. The maximum Gasteiger partial charge on any atom is 0.250 e. The molecule has 1 heterocycles. The number of para-hydroxylation sites is 1. The molecule has 0 N–H and O–H groups in total. The van der Waals surface area contributed by atoms with Gasteiger partial charge >= 0.3 is 0 Å². The molecule has 0 saturated carbocycles. The van der Waals surface area contributed by atoms with E-state index in [4.69, 9.17) is 11.3 Å². The Bertz CT molecular complexity index is 340. The third kappa shape index (κ3) is 1.65. The number of aryl methyl sites for hydroxylation is 1. The van der Waals surface area contributed by atoms with Gasteiger partial charge in [0.05, 0.1) is 0 Å². The van der Waals surface area contributed by atoms with E-state index in [1.165, 1.54) is 5.56 Å². The van der Waals surface area contributed by atoms with Crippen molar-refractivity contribution in [3.8, 4) is 5.75 Å². The smallest absolute Gasteiger partial charge is 0.250 e. The van der Waals surface area contributed by atoms with Crippen LogP contribution in [0.4, 0.5) is 0 Å². The molecule has 1 aliphatic heterocycles. The second kappa shape index (κ2) is 3.49. The summed E-state index contributed by atoms with van der Waals surface area (Å²) >= 11 is 0. The normalized spacial score (nSPS) is 19.8. The molecule has 0 unspecified atom stereocenters. The predicted molar refractivity (Wildman–Crippen MR) is 50.6 cm³/mol. The lowest BCUT2D eigenvalue weighted by Gasteiger charge is -2.22. The van der Waals surface area contributed by atoms with Gasteiger partial charge < -0.3 is 9.58 Å². The van der Waals surface area contributed by atoms with Crippen LogP contribution in [0.1, 0.15) is 12.0 Å². The maximum atomic E-state index is 6.77. The van der Waals surface area contributed by atoms with Crippen molar-refractivity contribution >= 4 is 0 Å². The van der Waals surface area contributed by atoms with E-state index in [-0.39, 0.29) is 6.10 Å². The molecule has 1 aromatic rings. The molecule has 0 fully saturated rings. The van der Waals surface area contributed by atoms with Gasteiger partial charge in [0, 0.05) is 0 Å². The van der Waals surface area contributed by atoms with Gasteiger partial charge in [-0.25, -0.2) is 6.57 Å². The Morgan fingerprint density at radius 2 is 2.31 bits per heavy atom. The monoisotopic (exact) mass is 173 g/mol. The Balaban J connectivity index is 2.16. The molecule has 2 nitrogen and oxygen atoms in total. The summed E-state index contributed by atoms with van der Waals surface area (Å²) in [5.74, 6) is 0.961. The van der Waals surface area contributed by atoms with Gasteiger partial charge in [-0.1, -0.05) is 18.2 Å². The first kappa shape index (κ1) is 8.12. The zero-order valence-corrected chi connectivity index (χ0v) is 7.36. The van der Waals surface area contributed by atoms with Crippen molar-refractivity contribution in [3.05, 3.63) is 41.2 Å². The van der Waals surface area contributed by atoms with Crippen LogP contribution in [-0.2, 0) is 6.42 Å². The number of rotatable bonds is 1. The zero-order chi connectivity index (χ0) is 9.10. The predicted octanol–water partition coefficient (Wildman–Crippen LogP) is 2.30. The molecule has 0 bridgehead atoms. The topological polar surface area (TPSA) is 13.6 Å². The van der Waals surface area contributed by atoms with Crippen LogP contribution in [-0.4, -0.2) is 12.6 Å². The van der Waals surface area contributed by atoms with Crippen molar-refractivity contribution in [2.75, 3.05) is 6.54 Å². The van der Waals surface area contributed by atoms with Crippen molar-refractivity contribution in [2.24, 2.45) is 0 Å². The summed E-state index contributed by atoms with van der Waals surface area (Å²) in [6.07, 6.45) is 2.11. The van der Waals surface area contributed by atoms with Gasteiger partial charge in [0.2, 0.25) is 0 Å². The minimum absolute atomic E-state index is 0.104. The van der Waals surface area contributed by atoms with Crippen LogP contribution in [0.2, 0.25) is 0 Å². The molecular formula is C11H11NO. The summed E-state index contributed by atoms with van der Waals surface area (Å²) in [6, 6.07) is 8.06. The highest BCUT2D eigenvalue weighted by molar-refractivity contribution is 5.35. The molecule has 1 aliphatic rings. The number of nitrogens with zero attached hydrogens (tertiary/aromatic N) is 1. The maximum absolute atomic E-state index is 6.77. The highest BCUT2D eigenvalue weighted by Crippen LogP contribution is 2.26. The van der Waals surface area contributed by atoms with E-state index in [1.807, 2.05) is 18.2 Å². The first-order chi connectivity index (χ1) is 6.40. The Morgan fingerprint density at radius 1 is 1.46 bits per heavy atom. The Kier molecular flexibility index (Phi) is 2.18. The van der Waals surface area contributed by atoms with Crippen LogP contribution in [0, 0.1) is 6.57 Å². The van der Waals surface area contributed by atoms with Crippen molar-refractivity contribution in [2.45, 2.75) is 18.9 Å². The standard InChI is InChI=1S/C11H11NO/c1-12-8-10-7-6-9-4-2-3-5-11(9)13-10/h2-5,10H,6-8H2/t10-/m1/s1. The summed E-state index contributed by atoms with van der Waals surface area (Å²) in [5, 5.41) is 0. The molecule has 2 rings (SSSR count). The summed E-state index contributed by atoms with van der Waals surface area (Å²) in [5.41, 5.74) is 1.27. The molecule has 0 spiro atoms. The minimum Gasteiger partial charge on any atom is -0.482 e. The van der Waals surface area contributed by atoms with Gasteiger partial charge in [-0.15, -0.1) is 0 Å². The van der Waals surface area contributed by atoms with Crippen LogP contribution in [0.25, 0.3) is 4.85 Å². The van der Waals surface area contributed by atoms with E-state index < -0.39 is 0 Å². The zero-order valence-electron chi connectivity index (χ0n) is 7.36. The SMILES string of the molecule is [C-]#[N+]C[C@H]1CCc2ccccc2O1. The first-order valence-electron chi connectivity index (χ1n) is 4.48. The van der Waals surface area contributed by atoms with Crippen molar-refractivity contribution in [1.29, 1.82) is 0 Å². The van der Waals surface area contributed by atoms with Gasteiger partial charge in [0.25, 0.3) is 6.54 Å². The van der Waals surface area contributed by atoms with E-state index in [9.17, 15) is 0 Å². The third-order valence-electron chi connectivity index (χ3n) is 2.30. The molecule has 1 atom stereocenters. The van der Waals surface area contributed by atoms with E-state index in [0.29, 0.717) is 6.54 Å². The molecule has 66 valence electrons. The minimum atomic E-state index is 0.104. The summed E-state index contributed by atoms with van der Waals surface area (Å²) in [7, 11) is 0. The van der Waals surface area contributed by atoms with E-state index >= 15 is 0 Å². The summed E-state index contributed by atoms with van der Waals surface area (Å²) in [6.45, 7) is 7.25. The van der Waals surface area contributed by atoms with Gasteiger partial charge in [-0.05, 0) is 24.5 Å². The Morgan fingerprint density at radius 3 is 3.15 bits per heavy atom. The Hall–Kier alpha value is -1.49. The molecule has 1 aromatic carbocycles. The second-order valence-electron chi connectivity index (χ2n) is 3.23. The van der Waals surface area contributed by atoms with Gasteiger partial charge in [-0.2, -0.15) is 0 Å². The van der Waals surface area contributed by atoms with Crippen LogP contribution in [0.3, 0.4) is 0 Å². The molecule has 0 saturated heterocycles. The highest BCUT2D eigenvalue weighted by Gasteiger charge is 2.20. The average Bonchev–Trinajstić information content (AvgIpc) is 2.18. The number of hydrogen-bond donors (Lipinski definition) is 0. The van der Waals surface area contributed by atoms with Crippen LogP contribution in [0.5, 0.6) is 5.75 Å². The van der Waals surface area contributed by atoms with Crippen LogP contribution < -0.4 is 4.74 Å². The molecule has 0 aromatic heterocycles. The molecule has 0 radical (unpaired) electrons. The van der Waals surface area contributed by atoms with E-state index in [1.54, 1.807) is 0 Å². The van der Waals surface area contributed by atoms with Gasteiger partial charge in [0.15, 0.2) is 6.10 Å². The number of hydrogen-bond acceptors (Lipinski definition) is 1. The summed E-state index contributed by atoms with van der Waals surface area (Å²) < 4.78 is 5.66. The van der Waals surface area contributed by atoms with E-state index in [0.717, 1.165) is 18.6 Å². The fraction of sp³-hybridized carbons (Fsp3) is 0.364. The van der Waals surface area contributed by atoms with Crippen molar-refractivity contribution in [3.63, 3.8) is 0 Å².